The van der Waals surface area contributed by atoms with Crippen molar-refractivity contribution >= 4 is 17.5 Å². The van der Waals surface area contributed by atoms with Crippen molar-refractivity contribution in [3.05, 3.63) is 36.0 Å². The van der Waals surface area contributed by atoms with E-state index >= 15 is 0 Å². The average Bonchev–Trinajstić information content (AvgIpc) is 2.47. The highest BCUT2D eigenvalue weighted by atomic mass is 16.5. The van der Waals surface area contributed by atoms with Crippen LogP contribution in [0.3, 0.4) is 0 Å². The van der Waals surface area contributed by atoms with Gasteiger partial charge in [0.1, 0.15) is 11.6 Å². The van der Waals surface area contributed by atoms with Crippen LogP contribution in [0, 0.1) is 6.92 Å². The van der Waals surface area contributed by atoms with Crippen LogP contribution in [-0.2, 0) is 0 Å². The molecule has 0 aliphatic carbocycles. The number of methoxy groups -OCH3 is 1. The molecule has 2 rings (SSSR count). The van der Waals surface area contributed by atoms with Gasteiger partial charge in [0.2, 0.25) is 5.95 Å². The number of likely N-dealkylation sites (N-methyl/N-ethyl adjacent to an activating group) is 1. The zero-order chi connectivity index (χ0) is 15.9. The molecule has 22 heavy (non-hydrogen) atoms. The summed E-state index contributed by atoms with van der Waals surface area (Å²) in [5, 5.41) is 6.51. The number of hydrogen-bond donors (Lipinski definition) is 2. The normalized spacial score (nSPS) is 10.6. The van der Waals surface area contributed by atoms with Crippen molar-refractivity contribution in [1.29, 1.82) is 0 Å². The fourth-order valence-corrected chi connectivity index (χ4v) is 1.99. The molecule has 0 aliphatic rings. The van der Waals surface area contributed by atoms with Gasteiger partial charge >= 0.3 is 0 Å². The van der Waals surface area contributed by atoms with Gasteiger partial charge < -0.3 is 20.3 Å². The Morgan fingerprint density at radius 3 is 2.68 bits per heavy atom. The molecule has 1 aromatic carbocycles. The summed E-state index contributed by atoms with van der Waals surface area (Å²) in [6.07, 6.45) is 0. The lowest BCUT2D eigenvalue weighted by atomic mass is 10.3. The Morgan fingerprint density at radius 1 is 1.18 bits per heavy atom. The fraction of sp³-hybridized carbons (Fsp3) is 0.375. The first-order valence-corrected chi connectivity index (χ1v) is 7.23. The molecule has 0 unspecified atom stereocenters. The molecule has 0 fully saturated rings. The van der Waals surface area contributed by atoms with E-state index in [9.17, 15) is 0 Å². The van der Waals surface area contributed by atoms with Gasteiger partial charge in [0.05, 0.1) is 12.8 Å². The zero-order valence-corrected chi connectivity index (χ0v) is 13.6. The van der Waals surface area contributed by atoms with Crippen molar-refractivity contribution in [2.75, 3.05) is 44.9 Å². The third-order valence-electron chi connectivity index (χ3n) is 3.07. The summed E-state index contributed by atoms with van der Waals surface area (Å²) in [5.74, 6) is 2.14. The lowest BCUT2D eigenvalue weighted by molar-refractivity contribution is 0.417. The highest BCUT2D eigenvalue weighted by Crippen LogP contribution is 2.26. The molecule has 0 radical (unpaired) electrons. The monoisotopic (exact) mass is 301 g/mol. The van der Waals surface area contributed by atoms with Gasteiger partial charge in [-0.3, -0.25) is 0 Å². The molecule has 0 amide bonds. The molecule has 0 bridgehead atoms. The van der Waals surface area contributed by atoms with Crippen molar-refractivity contribution in [1.82, 2.24) is 14.9 Å². The first kappa shape index (κ1) is 16.0. The first-order chi connectivity index (χ1) is 10.6. The highest BCUT2D eigenvalue weighted by Gasteiger charge is 2.06. The number of benzene rings is 1. The smallest absolute Gasteiger partial charge is 0.224 e. The van der Waals surface area contributed by atoms with Gasteiger partial charge in [-0.05, 0) is 33.2 Å². The van der Waals surface area contributed by atoms with E-state index in [1.54, 1.807) is 7.11 Å². The van der Waals surface area contributed by atoms with Gasteiger partial charge in [0.15, 0.2) is 0 Å². The summed E-state index contributed by atoms with van der Waals surface area (Å²) in [6, 6.07) is 9.66. The average molecular weight is 301 g/mol. The summed E-state index contributed by atoms with van der Waals surface area (Å²) in [7, 11) is 5.72. The summed E-state index contributed by atoms with van der Waals surface area (Å²) < 4.78 is 5.34. The van der Waals surface area contributed by atoms with Gasteiger partial charge in [-0.1, -0.05) is 12.1 Å². The molecular weight excluding hydrogens is 278 g/mol. The van der Waals surface area contributed by atoms with Crippen molar-refractivity contribution in [2.24, 2.45) is 0 Å². The Bertz CT molecular complexity index is 615. The summed E-state index contributed by atoms with van der Waals surface area (Å²) >= 11 is 0. The van der Waals surface area contributed by atoms with Crippen LogP contribution >= 0.6 is 0 Å². The third kappa shape index (κ3) is 4.60. The van der Waals surface area contributed by atoms with Crippen LogP contribution in [0.25, 0.3) is 0 Å². The molecule has 6 nitrogen and oxygen atoms in total. The number of rotatable bonds is 7. The largest absolute Gasteiger partial charge is 0.495 e. The second kappa shape index (κ2) is 7.61. The van der Waals surface area contributed by atoms with Crippen LogP contribution in [0.5, 0.6) is 5.75 Å². The van der Waals surface area contributed by atoms with Crippen molar-refractivity contribution < 1.29 is 4.74 Å². The Labute approximate surface area is 131 Å². The topological polar surface area (TPSA) is 62.3 Å². The highest BCUT2D eigenvalue weighted by molar-refractivity contribution is 5.64. The molecule has 2 aromatic rings. The van der Waals surface area contributed by atoms with E-state index < -0.39 is 0 Å². The molecule has 0 aliphatic heterocycles. The Morgan fingerprint density at radius 2 is 1.95 bits per heavy atom. The number of ether oxygens (including phenoxy) is 1. The summed E-state index contributed by atoms with van der Waals surface area (Å²) in [4.78, 5) is 11.0. The van der Waals surface area contributed by atoms with Crippen LogP contribution in [0.1, 0.15) is 5.69 Å². The second-order valence-corrected chi connectivity index (χ2v) is 5.27. The minimum Gasteiger partial charge on any atom is -0.495 e. The van der Waals surface area contributed by atoms with E-state index in [4.69, 9.17) is 4.74 Å². The van der Waals surface area contributed by atoms with E-state index in [1.165, 1.54) is 0 Å². The third-order valence-corrected chi connectivity index (χ3v) is 3.07. The maximum Gasteiger partial charge on any atom is 0.224 e. The van der Waals surface area contributed by atoms with Crippen LogP contribution in [0.15, 0.2) is 30.3 Å². The molecule has 6 heteroatoms. The van der Waals surface area contributed by atoms with Gasteiger partial charge in [-0.25, -0.2) is 4.98 Å². The van der Waals surface area contributed by atoms with Crippen molar-refractivity contribution in [3.63, 3.8) is 0 Å². The number of nitrogens with zero attached hydrogens (tertiary/aromatic N) is 3. The predicted octanol–water partition coefficient (Wildman–Crippen LogP) is 2.51. The lowest BCUT2D eigenvalue weighted by Crippen LogP contribution is -2.21. The minimum absolute atomic E-state index is 0.624. The van der Waals surface area contributed by atoms with E-state index in [2.05, 4.69) is 25.5 Å². The number of aromatic nitrogens is 2. The van der Waals surface area contributed by atoms with Crippen LogP contribution in [-0.4, -0.2) is 49.2 Å². The van der Waals surface area contributed by atoms with Crippen LogP contribution in [0.4, 0.5) is 17.5 Å². The zero-order valence-electron chi connectivity index (χ0n) is 13.6. The standard InChI is InChI=1S/C16H23N5O/c1-12-11-15(19-13-7-5-6-8-14(13)22-4)20-16(18-12)17-9-10-21(2)3/h5-8,11H,9-10H2,1-4H3,(H2,17,18,19,20). The molecule has 118 valence electrons. The van der Waals surface area contributed by atoms with Crippen molar-refractivity contribution in [2.45, 2.75) is 6.92 Å². The SMILES string of the molecule is COc1ccccc1Nc1cc(C)nc(NCCN(C)C)n1. The molecule has 0 spiro atoms. The van der Waals surface area contributed by atoms with Gasteiger partial charge in [0, 0.05) is 24.8 Å². The predicted molar refractivity (Wildman–Crippen MR) is 90.1 cm³/mol. The molecule has 1 aromatic heterocycles. The Balaban J connectivity index is 2.12. The van der Waals surface area contributed by atoms with E-state index in [1.807, 2.05) is 51.4 Å². The van der Waals surface area contributed by atoms with Gasteiger partial charge in [0.25, 0.3) is 0 Å². The number of aryl methyl sites for hydroxylation is 1. The molecule has 0 atom stereocenters. The molecular formula is C16H23N5O. The Kier molecular flexibility index (Phi) is 5.55. The van der Waals surface area contributed by atoms with E-state index in [0.717, 1.165) is 36.0 Å². The fourth-order valence-electron chi connectivity index (χ4n) is 1.99. The number of nitrogens with one attached hydrogen (secondary N) is 2. The summed E-state index contributed by atoms with van der Waals surface area (Å²) in [5.41, 5.74) is 1.78. The molecule has 1 heterocycles. The van der Waals surface area contributed by atoms with E-state index in [-0.39, 0.29) is 0 Å². The maximum absolute atomic E-state index is 5.34. The second-order valence-electron chi connectivity index (χ2n) is 5.27. The van der Waals surface area contributed by atoms with Crippen molar-refractivity contribution in [3.8, 4) is 5.75 Å². The van der Waals surface area contributed by atoms with Gasteiger partial charge in [-0.15, -0.1) is 0 Å². The Hall–Kier alpha value is -2.34. The first-order valence-electron chi connectivity index (χ1n) is 7.23. The van der Waals surface area contributed by atoms with Gasteiger partial charge in [-0.2, -0.15) is 4.98 Å². The minimum atomic E-state index is 0.624. The summed E-state index contributed by atoms with van der Waals surface area (Å²) in [6.45, 7) is 3.67. The maximum atomic E-state index is 5.34. The van der Waals surface area contributed by atoms with E-state index in [0.29, 0.717) is 5.95 Å². The number of hydrogen-bond acceptors (Lipinski definition) is 6. The lowest BCUT2D eigenvalue weighted by Gasteiger charge is -2.13. The molecule has 0 saturated carbocycles. The molecule has 0 saturated heterocycles. The van der Waals surface area contributed by atoms with Crippen LogP contribution < -0.4 is 15.4 Å². The number of anilines is 3. The van der Waals surface area contributed by atoms with Crippen LogP contribution in [0.2, 0.25) is 0 Å². The molecule has 2 N–H and O–H groups in total. The number of para-hydroxylation sites is 2. The quantitative estimate of drug-likeness (QED) is 0.819.